The number of nitrogens with zero attached hydrogens (tertiary/aromatic N) is 1. The lowest BCUT2D eigenvalue weighted by molar-refractivity contribution is 0.101. The second-order valence-corrected chi connectivity index (χ2v) is 6.15. The number of hydrogen-bond donors (Lipinski definition) is 2. The van der Waals surface area contributed by atoms with Crippen molar-refractivity contribution >= 4 is 27.5 Å². The van der Waals surface area contributed by atoms with Crippen molar-refractivity contribution in [3.63, 3.8) is 0 Å². The van der Waals surface area contributed by atoms with E-state index in [0.29, 0.717) is 22.5 Å². The summed E-state index contributed by atoms with van der Waals surface area (Å²) in [5.74, 6) is -0.375. The van der Waals surface area contributed by atoms with Crippen LogP contribution in [-0.4, -0.2) is 21.7 Å². The first-order chi connectivity index (χ1) is 11.1. The molecule has 0 radical (unpaired) electrons. The Morgan fingerprint density at radius 1 is 0.913 bits per heavy atom. The number of H-pyrrole nitrogens is 1. The summed E-state index contributed by atoms with van der Waals surface area (Å²) in [5.41, 5.74) is 3.61. The van der Waals surface area contributed by atoms with Crippen LogP contribution in [0.25, 0.3) is 11.3 Å². The van der Waals surface area contributed by atoms with Crippen LogP contribution in [0.5, 0.6) is 5.88 Å². The number of benzene rings is 2. The van der Waals surface area contributed by atoms with Crippen molar-refractivity contribution in [3.05, 3.63) is 75.8 Å². The molecule has 2 aromatic carbocycles. The van der Waals surface area contributed by atoms with E-state index in [0.717, 1.165) is 15.6 Å². The molecule has 23 heavy (non-hydrogen) atoms. The Balaban J connectivity index is 1.89. The fourth-order valence-corrected chi connectivity index (χ4v) is 3.05. The number of amides is 1. The van der Waals surface area contributed by atoms with E-state index in [2.05, 4.69) is 25.9 Å². The van der Waals surface area contributed by atoms with E-state index < -0.39 is 0 Å². The summed E-state index contributed by atoms with van der Waals surface area (Å²) in [6.07, 6.45) is 0. The van der Waals surface area contributed by atoms with Crippen molar-refractivity contribution in [2.24, 2.45) is 4.99 Å². The van der Waals surface area contributed by atoms with E-state index in [1.165, 1.54) is 0 Å². The van der Waals surface area contributed by atoms with Gasteiger partial charge in [-0.2, -0.15) is 0 Å². The van der Waals surface area contributed by atoms with E-state index in [1.54, 1.807) is 0 Å². The van der Waals surface area contributed by atoms with Crippen LogP contribution in [0, 0.1) is 0 Å². The maximum Gasteiger partial charge on any atom is 0.280 e. The fourth-order valence-electron chi connectivity index (χ4n) is 2.78. The predicted octanol–water partition coefficient (Wildman–Crippen LogP) is 4.14. The topological polar surface area (TPSA) is 65.4 Å². The van der Waals surface area contributed by atoms with Crippen LogP contribution in [0.15, 0.2) is 64.1 Å². The molecule has 2 heterocycles. The maximum atomic E-state index is 12.4. The van der Waals surface area contributed by atoms with Gasteiger partial charge in [-0.25, -0.2) is 4.99 Å². The summed E-state index contributed by atoms with van der Waals surface area (Å²) in [6.45, 7) is 0. The fraction of sp³-hybridized carbons (Fsp3) is 0. The number of aliphatic imine (C=N–C) groups is 1. The van der Waals surface area contributed by atoms with E-state index in [4.69, 9.17) is 0 Å². The van der Waals surface area contributed by atoms with Gasteiger partial charge in [-0.15, -0.1) is 0 Å². The first-order valence-corrected chi connectivity index (χ1v) is 7.84. The van der Waals surface area contributed by atoms with Crippen molar-refractivity contribution in [3.8, 4) is 17.1 Å². The number of hydrogen-bond acceptors (Lipinski definition) is 2. The third kappa shape index (κ3) is 2.21. The van der Waals surface area contributed by atoms with E-state index in [1.807, 2.05) is 54.6 Å². The zero-order valence-electron chi connectivity index (χ0n) is 11.9. The van der Waals surface area contributed by atoms with E-state index in [-0.39, 0.29) is 11.8 Å². The number of nitrogens with one attached hydrogen (secondary N) is 1. The predicted molar refractivity (Wildman–Crippen MR) is 92.0 cm³/mol. The minimum absolute atomic E-state index is 0.0358. The molecule has 112 valence electrons. The zero-order chi connectivity index (χ0) is 16.0. The highest BCUT2D eigenvalue weighted by Crippen LogP contribution is 2.37. The average molecular weight is 367 g/mol. The second kappa shape index (κ2) is 5.21. The smallest absolute Gasteiger partial charge is 0.280 e. The summed E-state index contributed by atoms with van der Waals surface area (Å²) >= 11 is 3.38. The molecule has 0 unspecified atom stereocenters. The minimum atomic E-state index is -0.340. The first kappa shape index (κ1) is 14.0. The highest BCUT2D eigenvalue weighted by atomic mass is 79.9. The molecule has 1 aromatic heterocycles. The van der Waals surface area contributed by atoms with Crippen LogP contribution < -0.4 is 0 Å². The number of aromatic amines is 1. The number of aromatic hydroxyl groups is 1. The Bertz CT molecular complexity index is 941. The molecule has 3 aromatic rings. The molecule has 0 saturated heterocycles. The molecule has 0 atom stereocenters. The van der Waals surface area contributed by atoms with Crippen molar-refractivity contribution in [1.82, 2.24) is 4.98 Å². The highest BCUT2D eigenvalue weighted by Gasteiger charge is 2.33. The van der Waals surface area contributed by atoms with Crippen LogP contribution in [-0.2, 0) is 0 Å². The third-order valence-corrected chi connectivity index (χ3v) is 4.35. The zero-order valence-corrected chi connectivity index (χ0v) is 13.5. The van der Waals surface area contributed by atoms with Gasteiger partial charge in [-0.1, -0.05) is 58.4 Å². The summed E-state index contributed by atoms with van der Waals surface area (Å²) in [4.78, 5) is 19.5. The lowest BCUT2D eigenvalue weighted by atomic mass is 10.0. The molecule has 0 fully saturated rings. The first-order valence-electron chi connectivity index (χ1n) is 7.05. The summed E-state index contributed by atoms with van der Waals surface area (Å²) in [5, 5.41) is 10.3. The molecule has 0 bridgehead atoms. The summed E-state index contributed by atoms with van der Waals surface area (Å²) in [7, 11) is 0. The second-order valence-electron chi connectivity index (χ2n) is 5.24. The molecular formula is C18H11BrN2O2. The SMILES string of the molecule is O=C1N=C(c2ccc(Br)cc2)c2c(O)[nH]c(-c3ccccc3)c21. The van der Waals surface area contributed by atoms with E-state index >= 15 is 0 Å². The van der Waals surface area contributed by atoms with Crippen molar-refractivity contribution < 1.29 is 9.90 Å². The Morgan fingerprint density at radius 3 is 2.30 bits per heavy atom. The molecule has 0 aliphatic carbocycles. The highest BCUT2D eigenvalue weighted by molar-refractivity contribution is 9.10. The molecule has 0 spiro atoms. The van der Waals surface area contributed by atoms with Gasteiger partial charge in [0.2, 0.25) is 0 Å². The summed E-state index contributed by atoms with van der Waals surface area (Å²) < 4.78 is 0.940. The van der Waals surface area contributed by atoms with Gasteiger partial charge in [0.15, 0.2) is 5.88 Å². The van der Waals surface area contributed by atoms with Gasteiger partial charge in [0.1, 0.15) is 0 Å². The minimum Gasteiger partial charge on any atom is -0.494 e. The van der Waals surface area contributed by atoms with Crippen LogP contribution in [0.2, 0.25) is 0 Å². The number of carbonyl (C=O) groups is 1. The standard InChI is InChI=1S/C18H11BrN2O2/c19-12-8-6-11(7-9-12)16-14-13(17(22)21-16)15(20-18(14)23)10-4-2-1-3-5-10/h1-9,20,23H. The molecule has 4 nitrogen and oxygen atoms in total. The normalized spacial score (nSPS) is 13.1. The molecule has 2 N–H and O–H groups in total. The van der Waals surface area contributed by atoms with Crippen LogP contribution in [0.4, 0.5) is 0 Å². The Labute approximate surface area is 140 Å². The van der Waals surface area contributed by atoms with Gasteiger partial charge in [-0.3, -0.25) is 4.79 Å². The van der Waals surface area contributed by atoms with Crippen molar-refractivity contribution in [1.29, 1.82) is 0 Å². The van der Waals surface area contributed by atoms with Gasteiger partial charge in [0.05, 0.1) is 22.5 Å². The van der Waals surface area contributed by atoms with Crippen LogP contribution >= 0.6 is 15.9 Å². The Morgan fingerprint density at radius 2 is 1.61 bits per heavy atom. The number of halogens is 1. The number of aromatic nitrogens is 1. The van der Waals surface area contributed by atoms with Crippen LogP contribution in [0.3, 0.4) is 0 Å². The van der Waals surface area contributed by atoms with E-state index in [9.17, 15) is 9.90 Å². The molecule has 0 saturated carbocycles. The third-order valence-electron chi connectivity index (χ3n) is 3.82. The molecule has 1 aliphatic heterocycles. The molecule has 1 aliphatic rings. The quantitative estimate of drug-likeness (QED) is 0.715. The monoisotopic (exact) mass is 366 g/mol. The van der Waals surface area contributed by atoms with Gasteiger partial charge in [-0.05, 0) is 17.7 Å². The largest absolute Gasteiger partial charge is 0.494 e. The number of rotatable bonds is 2. The maximum absolute atomic E-state index is 12.4. The van der Waals surface area contributed by atoms with Crippen molar-refractivity contribution in [2.45, 2.75) is 0 Å². The van der Waals surface area contributed by atoms with Gasteiger partial charge in [0, 0.05) is 10.0 Å². The number of fused-ring (bicyclic) bond motifs is 1. The molecular weight excluding hydrogens is 356 g/mol. The molecule has 1 amide bonds. The Kier molecular flexibility index (Phi) is 3.16. The lowest BCUT2D eigenvalue weighted by Crippen LogP contribution is -1.99. The average Bonchev–Trinajstić information content (AvgIpc) is 3.09. The van der Waals surface area contributed by atoms with Gasteiger partial charge >= 0.3 is 0 Å². The lowest BCUT2D eigenvalue weighted by Gasteiger charge is -2.01. The van der Waals surface area contributed by atoms with Gasteiger partial charge in [0.25, 0.3) is 5.91 Å². The van der Waals surface area contributed by atoms with Crippen molar-refractivity contribution in [2.75, 3.05) is 0 Å². The Hall–Kier alpha value is -2.66. The van der Waals surface area contributed by atoms with Gasteiger partial charge < -0.3 is 10.1 Å². The molecule has 4 rings (SSSR count). The number of carbonyl (C=O) groups excluding carboxylic acids is 1. The molecule has 5 heteroatoms. The van der Waals surface area contributed by atoms with Crippen LogP contribution in [0.1, 0.15) is 21.5 Å². The summed E-state index contributed by atoms with van der Waals surface area (Å²) in [6, 6.07) is 16.9.